The molecule has 0 spiro atoms. The molecular weight excluding hydrogens is 407 g/mol. The van der Waals surface area contributed by atoms with E-state index in [-0.39, 0.29) is 15.4 Å². The molecule has 158 valence electrons. The van der Waals surface area contributed by atoms with Crippen LogP contribution in [0.15, 0.2) is 133 Å². The molecule has 1 nitrogen and oxygen atoms in total. The van der Waals surface area contributed by atoms with Crippen molar-refractivity contribution in [1.29, 1.82) is 0 Å². The molecular formula is C30H27OP. The van der Waals surface area contributed by atoms with Gasteiger partial charge < -0.3 is 5.48 Å². The molecule has 5 rings (SSSR count). The summed E-state index contributed by atoms with van der Waals surface area (Å²) in [6, 6.07) is 47.4. The maximum absolute atomic E-state index is 2.27. The standard InChI is InChI=1S/C30H22.H2O.H3P/c1-5-13-23(14-6-1)27-21-22-28(24-15-7-2-8-16-24)30(26-19-11-4-12-20-26)29(27)25-17-9-3-10-18-25;;/h1-22H;1H2;1H3. The average Bonchev–Trinajstić information content (AvgIpc) is 2.85. The normalized spacial score (nSPS) is 10.0. The van der Waals surface area contributed by atoms with Crippen LogP contribution in [0.5, 0.6) is 0 Å². The van der Waals surface area contributed by atoms with Gasteiger partial charge in [-0.2, -0.15) is 9.90 Å². The van der Waals surface area contributed by atoms with Gasteiger partial charge in [0.1, 0.15) is 0 Å². The minimum absolute atomic E-state index is 0. The van der Waals surface area contributed by atoms with Crippen LogP contribution in [-0.4, -0.2) is 5.48 Å². The smallest absolute Gasteiger partial charge is 0.00206 e. The lowest BCUT2D eigenvalue weighted by atomic mass is 9.83. The summed E-state index contributed by atoms with van der Waals surface area (Å²) in [7, 11) is 0. The first-order chi connectivity index (χ1) is 14.9. The van der Waals surface area contributed by atoms with Gasteiger partial charge in [-0.1, -0.05) is 133 Å². The molecule has 0 fully saturated rings. The van der Waals surface area contributed by atoms with Crippen LogP contribution in [0.25, 0.3) is 44.5 Å². The fourth-order valence-corrected chi connectivity index (χ4v) is 4.13. The Hall–Kier alpha value is -3.51. The van der Waals surface area contributed by atoms with Crippen molar-refractivity contribution in [2.75, 3.05) is 0 Å². The van der Waals surface area contributed by atoms with E-state index in [1.54, 1.807) is 0 Å². The molecule has 0 amide bonds. The number of benzene rings is 5. The van der Waals surface area contributed by atoms with Gasteiger partial charge in [0.05, 0.1) is 0 Å². The van der Waals surface area contributed by atoms with E-state index in [0.717, 1.165) is 0 Å². The summed E-state index contributed by atoms with van der Waals surface area (Å²) < 4.78 is 0. The minimum Gasteiger partial charge on any atom is -0.412 e. The van der Waals surface area contributed by atoms with Crippen LogP contribution in [0.1, 0.15) is 0 Å². The van der Waals surface area contributed by atoms with Crippen molar-refractivity contribution < 1.29 is 5.48 Å². The maximum atomic E-state index is 2.27. The molecule has 0 aliphatic carbocycles. The van der Waals surface area contributed by atoms with Crippen molar-refractivity contribution in [1.82, 2.24) is 0 Å². The first kappa shape index (κ1) is 23.2. The van der Waals surface area contributed by atoms with E-state index in [2.05, 4.69) is 133 Å². The average molecular weight is 435 g/mol. The first-order valence-electron chi connectivity index (χ1n) is 10.3. The van der Waals surface area contributed by atoms with Gasteiger partial charge in [-0.25, -0.2) is 0 Å². The molecule has 1 unspecified atom stereocenters. The number of hydrogen-bond donors (Lipinski definition) is 0. The lowest BCUT2D eigenvalue weighted by Crippen LogP contribution is -1.94. The van der Waals surface area contributed by atoms with Crippen molar-refractivity contribution >= 4 is 9.90 Å². The Labute approximate surface area is 193 Å². The lowest BCUT2D eigenvalue weighted by Gasteiger charge is -2.20. The first-order valence-corrected chi connectivity index (χ1v) is 10.3. The molecule has 0 heterocycles. The van der Waals surface area contributed by atoms with E-state index < -0.39 is 0 Å². The lowest BCUT2D eigenvalue weighted by molar-refractivity contribution is 0.824. The van der Waals surface area contributed by atoms with E-state index in [4.69, 9.17) is 0 Å². The zero-order valence-corrected chi connectivity index (χ0v) is 19.3. The number of rotatable bonds is 4. The van der Waals surface area contributed by atoms with E-state index >= 15 is 0 Å². The minimum atomic E-state index is 0. The number of hydrogen-bond acceptors (Lipinski definition) is 0. The Morgan fingerprint density at radius 1 is 0.281 bits per heavy atom. The summed E-state index contributed by atoms with van der Waals surface area (Å²) in [5.41, 5.74) is 9.96. The van der Waals surface area contributed by atoms with Crippen molar-refractivity contribution in [3.05, 3.63) is 133 Å². The van der Waals surface area contributed by atoms with Gasteiger partial charge in [0.2, 0.25) is 0 Å². The van der Waals surface area contributed by atoms with Crippen LogP contribution in [0.4, 0.5) is 0 Å². The largest absolute Gasteiger partial charge is 0.412 e. The summed E-state index contributed by atoms with van der Waals surface area (Å²) in [6.45, 7) is 0. The fourth-order valence-electron chi connectivity index (χ4n) is 4.13. The monoisotopic (exact) mass is 434 g/mol. The van der Waals surface area contributed by atoms with Crippen molar-refractivity contribution in [2.45, 2.75) is 0 Å². The highest BCUT2D eigenvalue weighted by Crippen LogP contribution is 2.45. The second-order valence-electron chi connectivity index (χ2n) is 7.37. The molecule has 5 aromatic carbocycles. The highest BCUT2D eigenvalue weighted by atomic mass is 31.0. The van der Waals surface area contributed by atoms with E-state index in [0.29, 0.717) is 0 Å². The van der Waals surface area contributed by atoms with Crippen LogP contribution in [0.2, 0.25) is 0 Å². The molecule has 0 radical (unpaired) electrons. The molecule has 0 saturated heterocycles. The van der Waals surface area contributed by atoms with Crippen molar-refractivity contribution in [2.24, 2.45) is 0 Å². The SMILES string of the molecule is O.P.c1ccc(-c2ccc(-c3ccccc3)c(-c3ccccc3)c2-c2ccccc2)cc1. The predicted molar refractivity (Wildman–Crippen MR) is 143 cm³/mol. The van der Waals surface area contributed by atoms with Gasteiger partial charge in [-0.05, 0) is 44.5 Å². The van der Waals surface area contributed by atoms with Crippen LogP contribution >= 0.6 is 9.90 Å². The highest BCUT2D eigenvalue weighted by molar-refractivity contribution is 6.92. The molecule has 0 bridgehead atoms. The molecule has 32 heavy (non-hydrogen) atoms. The van der Waals surface area contributed by atoms with Gasteiger partial charge in [-0.3, -0.25) is 0 Å². The van der Waals surface area contributed by atoms with Gasteiger partial charge in [0.25, 0.3) is 0 Å². The van der Waals surface area contributed by atoms with E-state index in [1.807, 2.05) is 0 Å². The molecule has 0 saturated carbocycles. The molecule has 0 aliphatic heterocycles. The Morgan fingerprint density at radius 2 is 0.531 bits per heavy atom. The van der Waals surface area contributed by atoms with Crippen LogP contribution < -0.4 is 0 Å². The molecule has 2 N–H and O–H groups in total. The van der Waals surface area contributed by atoms with Gasteiger partial charge >= 0.3 is 0 Å². The van der Waals surface area contributed by atoms with E-state index in [1.165, 1.54) is 44.5 Å². The van der Waals surface area contributed by atoms with Crippen LogP contribution in [0.3, 0.4) is 0 Å². The van der Waals surface area contributed by atoms with Crippen molar-refractivity contribution in [3.63, 3.8) is 0 Å². The third kappa shape index (κ3) is 4.55. The van der Waals surface area contributed by atoms with Gasteiger partial charge in [-0.15, -0.1) is 0 Å². The van der Waals surface area contributed by atoms with Crippen molar-refractivity contribution in [3.8, 4) is 44.5 Å². The predicted octanol–water partition coefficient (Wildman–Crippen LogP) is 7.59. The van der Waals surface area contributed by atoms with Gasteiger partial charge in [0.15, 0.2) is 0 Å². The molecule has 0 aromatic heterocycles. The molecule has 0 aliphatic rings. The molecule has 1 atom stereocenters. The Kier molecular flexibility index (Phi) is 7.73. The van der Waals surface area contributed by atoms with Crippen LogP contribution in [0, 0.1) is 0 Å². The zero-order chi connectivity index (χ0) is 20.2. The maximum Gasteiger partial charge on any atom is -0.00206 e. The summed E-state index contributed by atoms with van der Waals surface area (Å²) in [6.07, 6.45) is 0. The Bertz CT molecular complexity index is 1150. The highest BCUT2D eigenvalue weighted by Gasteiger charge is 2.18. The third-order valence-corrected chi connectivity index (χ3v) is 5.50. The van der Waals surface area contributed by atoms with Crippen LogP contribution in [-0.2, 0) is 0 Å². The zero-order valence-electron chi connectivity index (χ0n) is 17.9. The summed E-state index contributed by atoms with van der Waals surface area (Å²) in [5, 5.41) is 0. The summed E-state index contributed by atoms with van der Waals surface area (Å²) in [5.74, 6) is 0. The quantitative estimate of drug-likeness (QED) is 0.261. The Morgan fingerprint density at radius 3 is 0.812 bits per heavy atom. The summed E-state index contributed by atoms with van der Waals surface area (Å²) in [4.78, 5) is 0. The Balaban J connectivity index is 0.00000144. The second kappa shape index (κ2) is 10.7. The second-order valence-corrected chi connectivity index (χ2v) is 7.37. The fraction of sp³-hybridized carbons (Fsp3) is 0. The third-order valence-electron chi connectivity index (χ3n) is 5.50. The summed E-state index contributed by atoms with van der Waals surface area (Å²) >= 11 is 0. The van der Waals surface area contributed by atoms with E-state index in [9.17, 15) is 0 Å². The topological polar surface area (TPSA) is 31.5 Å². The van der Waals surface area contributed by atoms with Gasteiger partial charge in [0, 0.05) is 0 Å². The molecule has 5 aromatic rings. The molecule has 2 heteroatoms.